The zero-order valence-electron chi connectivity index (χ0n) is 20.5. The number of benzene rings is 1. The van der Waals surface area contributed by atoms with E-state index in [2.05, 4.69) is 15.2 Å². The van der Waals surface area contributed by atoms with Gasteiger partial charge in [-0.15, -0.1) is 0 Å². The lowest BCUT2D eigenvalue weighted by Gasteiger charge is -2.48. The highest BCUT2D eigenvalue weighted by Gasteiger charge is 2.40. The number of ether oxygens (including phenoxy) is 1. The maximum atomic E-state index is 13.5. The molecule has 6 nitrogen and oxygen atoms in total. The summed E-state index contributed by atoms with van der Waals surface area (Å²) in [6, 6.07) is 4.22. The summed E-state index contributed by atoms with van der Waals surface area (Å²) in [4.78, 5) is 20.2. The van der Waals surface area contributed by atoms with Gasteiger partial charge in [0.1, 0.15) is 0 Å². The van der Waals surface area contributed by atoms with Gasteiger partial charge < -0.3 is 20.7 Å². The largest absolute Gasteiger partial charge is 0.416 e. The van der Waals surface area contributed by atoms with Crippen LogP contribution in [0, 0.1) is 6.92 Å². The number of piperidine rings is 3. The molecule has 35 heavy (non-hydrogen) atoms. The molecular formula is C26H35F3N4O2. The fraction of sp³-hybridized carbons (Fsp3) is 0.615. The van der Waals surface area contributed by atoms with Gasteiger partial charge in [-0.05, 0) is 75.1 Å². The first kappa shape index (κ1) is 25.7. The van der Waals surface area contributed by atoms with Gasteiger partial charge in [0.2, 0.25) is 5.91 Å². The molecule has 1 aromatic carbocycles. The van der Waals surface area contributed by atoms with Gasteiger partial charge in [0.15, 0.2) is 0 Å². The van der Waals surface area contributed by atoms with Crippen molar-refractivity contribution in [3.05, 3.63) is 46.2 Å². The number of carbonyl (C=O) groups excluding carboxylic acids is 1. The van der Waals surface area contributed by atoms with Crippen LogP contribution in [-0.4, -0.2) is 54.5 Å². The van der Waals surface area contributed by atoms with Crippen LogP contribution in [0.25, 0.3) is 0 Å². The molecule has 9 heteroatoms. The van der Waals surface area contributed by atoms with Crippen molar-refractivity contribution in [2.24, 2.45) is 10.7 Å². The van der Waals surface area contributed by atoms with Crippen LogP contribution in [0.15, 0.2) is 34.5 Å². The Morgan fingerprint density at radius 1 is 1.26 bits per heavy atom. The van der Waals surface area contributed by atoms with Gasteiger partial charge in [0.05, 0.1) is 29.6 Å². The number of alkyl halides is 3. The van der Waals surface area contributed by atoms with Crippen LogP contribution < -0.4 is 11.1 Å². The van der Waals surface area contributed by atoms with Crippen LogP contribution in [-0.2, 0) is 22.1 Å². The second kappa shape index (κ2) is 10.3. The Kier molecular flexibility index (Phi) is 7.57. The Morgan fingerprint density at radius 3 is 2.51 bits per heavy atom. The van der Waals surface area contributed by atoms with Gasteiger partial charge in [-0.2, -0.15) is 13.2 Å². The molecule has 0 aromatic heterocycles. The Morgan fingerprint density at radius 2 is 1.94 bits per heavy atom. The molecule has 1 atom stereocenters. The fourth-order valence-corrected chi connectivity index (χ4v) is 5.59. The van der Waals surface area contributed by atoms with Crippen LogP contribution in [0.5, 0.6) is 0 Å². The van der Waals surface area contributed by atoms with Gasteiger partial charge in [-0.3, -0.25) is 4.79 Å². The van der Waals surface area contributed by atoms with Crippen molar-refractivity contribution in [2.45, 2.75) is 76.6 Å². The number of fused-ring (bicyclic) bond motifs is 3. The van der Waals surface area contributed by atoms with E-state index in [9.17, 15) is 18.0 Å². The summed E-state index contributed by atoms with van der Waals surface area (Å²) >= 11 is 0. The van der Waals surface area contributed by atoms with E-state index in [1.54, 1.807) is 13.0 Å². The van der Waals surface area contributed by atoms with Crippen molar-refractivity contribution in [1.29, 1.82) is 0 Å². The summed E-state index contributed by atoms with van der Waals surface area (Å²) in [6.45, 7) is 6.66. The maximum Gasteiger partial charge on any atom is 0.416 e. The number of aliphatic imine (C=N–C) groups is 1. The van der Waals surface area contributed by atoms with E-state index in [-0.39, 0.29) is 36.0 Å². The number of amides is 1. The summed E-state index contributed by atoms with van der Waals surface area (Å²) in [5.41, 5.74) is 7.07. The minimum Gasteiger partial charge on any atom is -0.387 e. The van der Waals surface area contributed by atoms with Crippen LogP contribution in [0.1, 0.15) is 62.1 Å². The molecule has 3 N–H and O–H groups in total. The minimum atomic E-state index is -4.43. The normalized spacial score (nSPS) is 27.6. The summed E-state index contributed by atoms with van der Waals surface area (Å²) in [5, 5.41) is 3.27. The third kappa shape index (κ3) is 6.06. The molecule has 2 bridgehead atoms. The van der Waals surface area contributed by atoms with E-state index in [0.29, 0.717) is 23.7 Å². The molecule has 4 aliphatic heterocycles. The van der Waals surface area contributed by atoms with Crippen molar-refractivity contribution in [3.63, 3.8) is 0 Å². The van der Waals surface area contributed by atoms with Gasteiger partial charge in [0.25, 0.3) is 0 Å². The number of hydrogen-bond acceptors (Lipinski definition) is 4. The molecule has 0 saturated carbocycles. The van der Waals surface area contributed by atoms with Crippen molar-refractivity contribution in [1.82, 2.24) is 10.2 Å². The molecule has 4 aliphatic rings. The minimum absolute atomic E-state index is 0.0210. The first-order valence-electron chi connectivity index (χ1n) is 12.4. The molecule has 1 amide bonds. The Hall–Kier alpha value is -2.39. The van der Waals surface area contributed by atoms with Gasteiger partial charge >= 0.3 is 6.18 Å². The predicted octanol–water partition coefficient (Wildman–Crippen LogP) is 4.11. The summed E-state index contributed by atoms with van der Waals surface area (Å²) in [5.74, 6) is 0.171. The zero-order chi connectivity index (χ0) is 25.2. The monoisotopic (exact) mass is 492 g/mol. The Labute approximate surface area is 204 Å². The molecular weight excluding hydrogens is 457 g/mol. The number of nitrogens with zero attached hydrogens (tertiary/aromatic N) is 2. The Balaban J connectivity index is 1.65. The van der Waals surface area contributed by atoms with Crippen molar-refractivity contribution in [3.8, 4) is 0 Å². The van der Waals surface area contributed by atoms with E-state index >= 15 is 0 Å². The fourth-order valence-electron chi connectivity index (χ4n) is 5.59. The molecule has 192 valence electrons. The number of nitrogens with one attached hydrogen (secondary N) is 1. The number of halogens is 3. The number of rotatable bonds is 7. The third-order valence-electron chi connectivity index (χ3n) is 7.58. The second-order valence-electron chi connectivity index (χ2n) is 10.1. The standard InChI is InChI=1S/C26H35F3N4O2/c1-17-19(5-3-6-21(17)26(27,28)29)15-20(23-7-4-14-35-23)22(31-18(2)30)16-24(34)32-25-8-11-33(12-9-25)13-10-25/h3,5-6,23H,4,7-16H2,1-2H3,(H2,30,31)(H,32,34)/b22-20+. The van der Waals surface area contributed by atoms with Crippen LogP contribution in [0.2, 0.25) is 0 Å². The van der Waals surface area contributed by atoms with Crippen LogP contribution in [0.4, 0.5) is 13.2 Å². The van der Waals surface area contributed by atoms with Gasteiger partial charge in [-0.25, -0.2) is 4.99 Å². The first-order valence-corrected chi connectivity index (χ1v) is 12.4. The topological polar surface area (TPSA) is 79.9 Å². The summed E-state index contributed by atoms with van der Waals surface area (Å²) in [7, 11) is 0. The molecule has 1 aromatic rings. The summed E-state index contributed by atoms with van der Waals surface area (Å²) in [6.07, 6.45) is -0.120. The van der Waals surface area contributed by atoms with Crippen molar-refractivity contribution >= 4 is 11.7 Å². The van der Waals surface area contributed by atoms with Gasteiger partial charge in [0, 0.05) is 31.8 Å². The highest BCUT2D eigenvalue weighted by molar-refractivity contribution is 5.83. The molecule has 0 aliphatic carbocycles. The third-order valence-corrected chi connectivity index (χ3v) is 7.58. The average molecular weight is 493 g/mol. The SMILES string of the molecule is CC(N)=N/C(CC(=O)NC12CCN(CC1)CC2)=C(\Cc1cccc(C(F)(F)F)c1C)C1CCCO1. The van der Waals surface area contributed by atoms with Crippen LogP contribution >= 0.6 is 0 Å². The highest BCUT2D eigenvalue weighted by atomic mass is 19.4. The second-order valence-corrected chi connectivity index (χ2v) is 10.1. The van der Waals surface area contributed by atoms with E-state index < -0.39 is 11.7 Å². The van der Waals surface area contributed by atoms with Gasteiger partial charge in [-0.1, -0.05) is 12.1 Å². The molecule has 0 radical (unpaired) electrons. The first-order chi connectivity index (χ1) is 16.6. The molecule has 4 saturated heterocycles. The number of nitrogens with two attached hydrogens (primary N) is 1. The van der Waals surface area contributed by atoms with E-state index in [0.717, 1.165) is 63.4 Å². The zero-order valence-corrected chi connectivity index (χ0v) is 20.5. The average Bonchev–Trinajstić information content (AvgIpc) is 3.32. The number of hydrogen-bond donors (Lipinski definition) is 2. The van der Waals surface area contributed by atoms with E-state index in [4.69, 9.17) is 10.5 Å². The number of carbonyl (C=O) groups is 1. The van der Waals surface area contributed by atoms with E-state index in [1.165, 1.54) is 13.0 Å². The van der Waals surface area contributed by atoms with Crippen molar-refractivity contribution < 1.29 is 22.7 Å². The lowest BCUT2D eigenvalue weighted by Crippen LogP contribution is -2.61. The molecule has 0 spiro atoms. The lowest BCUT2D eigenvalue weighted by molar-refractivity contribution is -0.138. The quantitative estimate of drug-likeness (QED) is 0.444. The highest BCUT2D eigenvalue weighted by Crippen LogP contribution is 2.36. The molecule has 1 unspecified atom stereocenters. The smallest absolute Gasteiger partial charge is 0.387 e. The molecule has 5 rings (SSSR count). The molecule has 4 heterocycles. The summed E-state index contributed by atoms with van der Waals surface area (Å²) < 4.78 is 46.5. The Bertz CT molecular complexity index is 987. The van der Waals surface area contributed by atoms with Crippen molar-refractivity contribution in [2.75, 3.05) is 26.2 Å². The lowest BCUT2D eigenvalue weighted by atomic mass is 9.80. The maximum absolute atomic E-state index is 13.5. The van der Waals surface area contributed by atoms with Crippen LogP contribution in [0.3, 0.4) is 0 Å². The molecule has 4 fully saturated rings. The predicted molar refractivity (Wildman–Crippen MR) is 129 cm³/mol. The number of amidine groups is 1. The van der Waals surface area contributed by atoms with E-state index in [1.807, 2.05) is 0 Å².